The number of carboxylic acid groups (broad SMARTS) is 1. The standard InChI is InChI=1S/C28H26F2N2O4/c1-17-20(18-8-3-2-4-9-18)10-7-11-21(17)26-31-22-14-19(24(36-28(29)30)15-25(22)35-26)16-32-13-6-5-12-23(32)27(33)34/h2-4,7-11,14-15,23,28H,5-6,12-13,16H2,1H3,(H,33,34)/t23-/m0/s1. The first-order chi connectivity index (χ1) is 17.4. The fourth-order valence-electron chi connectivity index (χ4n) is 4.92. The number of oxazole rings is 1. The third-order valence-corrected chi connectivity index (χ3v) is 6.71. The maximum Gasteiger partial charge on any atom is 0.387 e. The number of ether oxygens (including phenoxy) is 1. The van der Waals surface area contributed by atoms with Crippen LogP contribution in [-0.2, 0) is 11.3 Å². The topological polar surface area (TPSA) is 75.8 Å². The van der Waals surface area contributed by atoms with Gasteiger partial charge >= 0.3 is 12.6 Å². The highest BCUT2D eigenvalue weighted by Gasteiger charge is 2.29. The zero-order valence-corrected chi connectivity index (χ0v) is 19.8. The summed E-state index contributed by atoms with van der Waals surface area (Å²) in [6, 6.07) is 18.3. The average Bonchev–Trinajstić information content (AvgIpc) is 3.27. The number of fused-ring (bicyclic) bond motifs is 1. The summed E-state index contributed by atoms with van der Waals surface area (Å²) in [6.45, 7) is -0.297. The van der Waals surface area contributed by atoms with Gasteiger partial charge in [0, 0.05) is 23.7 Å². The van der Waals surface area contributed by atoms with Crippen molar-refractivity contribution < 1.29 is 27.8 Å². The van der Waals surface area contributed by atoms with E-state index in [1.54, 1.807) is 11.0 Å². The van der Waals surface area contributed by atoms with Crippen molar-refractivity contribution in [2.45, 2.75) is 45.4 Å². The summed E-state index contributed by atoms with van der Waals surface area (Å²) in [4.78, 5) is 18.2. The molecule has 1 atom stereocenters. The molecule has 2 heterocycles. The van der Waals surface area contributed by atoms with E-state index in [1.807, 2.05) is 55.5 Å². The molecule has 0 spiro atoms. The Morgan fingerprint density at radius 3 is 2.67 bits per heavy atom. The maximum atomic E-state index is 13.2. The number of rotatable bonds is 7. The van der Waals surface area contributed by atoms with E-state index in [2.05, 4.69) is 4.98 Å². The molecule has 1 aromatic heterocycles. The normalized spacial score (nSPS) is 16.5. The number of carboxylic acids is 1. The van der Waals surface area contributed by atoms with Gasteiger partial charge in [-0.15, -0.1) is 0 Å². The fraction of sp³-hybridized carbons (Fsp3) is 0.286. The number of hydrogen-bond donors (Lipinski definition) is 1. The quantitative estimate of drug-likeness (QED) is 0.317. The molecule has 8 heteroatoms. The summed E-state index contributed by atoms with van der Waals surface area (Å²) in [5.41, 5.74) is 5.16. The van der Waals surface area contributed by atoms with Gasteiger partial charge in [-0.1, -0.05) is 48.9 Å². The minimum Gasteiger partial charge on any atom is -0.480 e. The van der Waals surface area contributed by atoms with E-state index in [0.717, 1.165) is 35.1 Å². The van der Waals surface area contributed by atoms with Crippen molar-refractivity contribution >= 4 is 17.1 Å². The molecule has 6 nitrogen and oxygen atoms in total. The lowest BCUT2D eigenvalue weighted by molar-refractivity contribution is -0.144. The number of nitrogens with zero attached hydrogens (tertiary/aromatic N) is 2. The smallest absolute Gasteiger partial charge is 0.387 e. The number of hydrogen-bond acceptors (Lipinski definition) is 5. The molecule has 186 valence electrons. The molecule has 1 N–H and O–H groups in total. The summed E-state index contributed by atoms with van der Waals surface area (Å²) in [6.07, 6.45) is 2.19. The monoisotopic (exact) mass is 492 g/mol. The lowest BCUT2D eigenvalue weighted by Crippen LogP contribution is -2.44. The fourth-order valence-corrected chi connectivity index (χ4v) is 4.92. The molecule has 1 fully saturated rings. The summed E-state index contributed by atoms with van der Waals surface area (Å²) >= 11 is 0. The van der Waals surface area contributed by atoms with Gasteiger partial charge in [0.25, 0.3) is 0 Å². The van der Waals surface area contributed by atoms with Gasteiger partial charge in [0.15, 0.2) is 5.58 Å². The largest absolute Gasteiger partial charge is 0.480 e. The predicted molar refractivity (Wildman–Crippen MR) is 132 cm³/mol. The van der Waals surface area contributed by atoms with E-state index in [1.165, 1.54) is 6.07 Å². The summed E-state index contributed by atoms with van der Waals surface area (Å²) in [7, 11) is 0. The van der Waals surface area contributed by atoms with E-state index < -0.39 is 18.6 Å². The number of likely N-dealkylation sites (tertiary alicyclic amines) is 1. The van der Waals surface area contributed by atoms with E-state index >= 15 is 0 Å². The maximum absolute atomic E-state index is 13.2. The van der Waals surface area contributed by atoms with Crippen LogP contribution in [0.4, 0.5) is 8.78 Å². The second-order valence-electron chi connectivity index (χ2n) is 8.99. The molecule has 3 aromatic carbocycles. The van der Waals surface area contributed by atoms with Crippen LogP contribution in [0, 0.1) is 6.92 Å². The molecule has 36 heavy (non-hydrogen) atoms. The van der Waals surface area contributed by atoms with Gasteiger partial charge in [-0.25, -0.2) is 4.98 Å². The van der Waals surface area contributed by atoms with E-state index in [0.29, 0.717) is 35.5 Å². The van der Waals surface area contributed by atoms with Gasteiger partial charge in [0.05, 0.1) is 0 Å². The van der Waals surface area contributed by atoms with Crippen LogP contribution >= 0.6 is 0 Å². The zero-order chi connectivity index (χ0) is 25.2. The molecule has 0 aliphatic carbocycles. The van der Waals surface area contributed by atoms with Gasteiger partial charge in [-0.05, 0) is 55.1 Å². The lowest BCUT2D eigenvalue weighted by Gasteiger charge is -2.33. The first-order valence-corrected chi connectivity index (χ1v) is 11.9. The Kier molecular flexibility index (Phi) is 6.69. The van der Waals surface area contributed by atoms with Crippen LogP contribution in [0.3, 0.4) is 0 Å². The number of aromatic nitrogens is 1. The number of aliphatic carboxylic acids is 1. The zero-order valence-electron chi connectivity index (χ0n) is 19.8. The first kappa shape index (κ1) is 23.9. The third kappa shape index (κ3) is 4.81. The van der Waals surface area contributed by atoms with Crippen molar-refractivity contribution in [2.24, 2.45) is 0 Å². The number of carbonyl (C=O) groups is 1. The van der Waals surface area contributed by atoms with Crippen molar-refractivity contribution in [1.29, 1.82) is 0 Å². The van der Waals surface area contributed by atoms with E-state index in [-0.39, 0.29) is 12.3 Å². The van der Waals surface area contributed by atoms with Crippen molar-refractivity contribution in [3.63, 3.8) is 0 Å². The molecule has 1 aliphatic rings. The number of halogens is 2. The highest BCUT2D eigenvalue weighted by molar-refractivity contribution is 5.82. The Balaban J connectivity index is 1.54. The molecule has 0 unspecified atom stereocenters. The molecule has 1 saturated heterocycles. The Bertz CT molecular complexity index is 1390. The van der Waals surface area contributed by atoms with Gasteiger partial charge in [-0.2, -0.15) is 8.78 Å². The van der Waals surface area contributed by atoms with E-state index in [9.17, 15) is 18.7 Å². The Hall–Kier alpha value is -3.78. The van der Waals surface area contributed by atoms with Gasteiger partial charge < -0.3 is 14.3 Å². The minimum absolute atomic E-state index is 0.0373. The first-order valence-electron chi connectivity index (χ1n) is 11.9. The Labute approximate surface area is 207 Å². The summed E-state index contributed by atoms with van der Waals surface area (Å²) < 4.78 is 37.3. The molecule has 0 bridgehead atoms. The molecule has 1 aliphatic heterocycles. The lowest BCUT2D eigenvalue weighted by atomic mass is 9.96. The molecule has 0 saturated carbocycles. The van der Waals surface area contributed by atoms with Crippen LogP contribution in [0.5, 0.6) is 5.75 Å². The second kappa shape index (κ2) is 10.1. The van der Waals surface area contributed by atoms with Crippen LogP contribution in [0.1, 0.15) is 30.4 Å². The van der Waals surface area contributed by atoms with Crippen LogP contribution in [0.25, 0.3) is 33.7 Å². The van der Waals surface area contributed by atoms with Crippen molar-refractivity contribution in [3.05, 3.63) is 71.8 Å². The average molecular weight is 493 g/mol. The van der Waals surface area contributed by atoms with Gasteiger partial charge in [0.2, 0.25) is 5.89 Å². The summed E-state index contributed by atoms with van der Waals surface area (Å²) in [5, 5.41) is 9.61. The number of alkyl halides is 2. The Morgan fingerprint density at radius 1 is 1.14 bits per heavy atom. The molecule has 5 rings (SSSR count). The molecule has 0 radical (unpaired) electrons. The van der Waals surface area contributed by atoms with Crippen LogP contribution in [-0.4, -0.2) is 40.2 Å². The SMILES string of the molecule is Cc1c(-c2ccccc2)cccc1-c1nc2cc(CN3CCCC[C@H]3C(=O)O)c(OC(F)F)cc2o1. The van der Waals surface area contributed by atoms with Gasteiger partial charge in [0.1, 0.15) is 17.3 Å². The molecule has 0 amide bonds. The van der Waals surface area contributed by atoms with Gasteiger partial charge in [-0.3, -0.25) is 9.69 Å². The van der Waals surface area contributed by atoms with Crippen molar-refractivity contribution in [2.75, 3.05) is 6.54 Å². The molecular formula is C28H26F2N2O4. The Morgan fingerprint density at radius 2 is 1.92 bits per heavy atom. The summed E-state index contributed by atoms with van der Waals surface area (Å²) in [5.74, 6) is -0.573. The van der Waals surface area contributed by atoms with E-state index in [4.69, 9.17) is 9.15 Å². The highest BCUT2D eigenvalue weighted by Crippen LogP contribution is 2.36. The number of benzene rings is 3. The second-order valence-corrected chi connectivity index (χ2v) is 8.99. The van der Waals surface area contributed by atoms with Crippen LogP contribution < -0.4 is 4.74 Å². The predicted octanol–water partition coefficient (Wildman–Crippen LogP) is 6.51. The minimum atomic E-state index is -3.02. The van der Waals surface area contributed by atoms with Crippen molar-refractivity contribution in [3.8, 4) is 28.3 Å². The molecule has 4 aromatic rings. The van der Waals surface area contributed by atoms with Crippen molar-refractivity contribution in [1.82, 2.24) is 9.88 Å². The van der Waals surface area contributed by atoms with Crippen LogP contribution in [0.15, 0.2) is 65.1 Å². The van der Waals surface area contributed by atoms with Crippen LogP contribution in [0.2, 0.25) is 0 Å². The number of piperidine rings is 1. The molecular weight excluding hydrogens is 466 g/mol. The third-order valence-electron chi connectivity index (χ3n) is 6.71. The highest BCUT2D eigenvalue weighted by atomic mass is 19.3.